The first-order valence-electron chi connectivity index (χ1n) is 12.9. The van der Waals surface area contributed by atoms with E-state index in [-0.39, 0.29) is 16.5 Å². The molecule has 1 aliphatic rings. The van der Waals surface area contributed by atoms with Gasteiger partial charge in [-0.25, -0.2) is 9.67 Å². The van der Waals surface area contributed by atoms with Crippen LogP contribution >= 0.6 is 34.8 Å². The summed E-state index contributed by atoms with van der Waals surface area (Å²) in [6, 6.07) is 16.2. The Hall–Kier alpha value is -3.57. The molecule has 5 rings (SSSR count). The highest BCUT2D eigenvalue weighted by molar-refractivity contribution is 6.32. The molecule has 13 heteroatoms. The van der Waals surface area contributed by atoms with Crippen molar-refractivity contribution in [2.45, 2.75) is 6.18 Å². The van der Waals surface area contributed by atoms with Gasteiger partial charge in [-0.1, -0.05) is 59.1 Å². The quantitative estimate of drug-likeness (QED) is 0.230. The summed E-state index contributed by atoms with van der Waals surface area (Å²) in [7, 11) is 0. The highest BCUT2D eigenvalue weighted by Gasteiger charge is 2.36. The van der Waals surface area contributed by atoms with Gasteiger partial charge in [0, 0.05) is 55.0 Å². The molecular weight excluding hydrogens is 612 g/mol. The molecule has 1 aliphatic heterocycles. The summed E-state index contributed by atoms with van der Waals surface area (Å²) >= 11 is 18.4. The summed E-state index contributed by atoms with van der Waals surface area (Å²) < 4.78 is 41.5. The third-order valence-corrected chi connectivity index (χ3v) is 7.42. The first kappa shape index (κ1) is 29.9. The lowest BCUT2D eigenvalue weighted by Gasteiger charge is -2.36. The molecule has 0 saturated carbocycles. The van der Waals surface area contributed by atoms with Crippen LogP contribution in [-0.4, -0.2) is 58.3 Å². The standard InChI is InChI=1S/C29H24Cl3F3N6O/c30-20-7-5-19(6-8-20)3-2-12-39-13-15-40(16-14-39)24-17-21(31)9-10-23(24)37-28(42)25-18-26(29(33,34)35)38-41(25)27-22(32)4-1-11-36-27/h1-11,17-18H,12-16H2,(H,37,42)/b3-2+. The Kier molecular flexibility index (Phi) is 9.08. The second-order valence-corrected chi connectivity index (χ2v) is 10.8. The van der Waals surface area contributed by atoms with Crippen molar-refractivity contribution in [2.24, 2.45) is 0 Å². The molecule has 1 amide bonds. The van der Waals surface area contributed by atoms with Crippen molar-refractivity contribution < 1.29 is 18.0 Å². The van der Waals surface area contributed by atoms with Crippen molar-refractivity contribution in [3.05, 3.63) is 105 Å². The maximum Gasteiger partial charge on any atom is 0.435 e. The number of hydrogen-bond donors (Lipinski definition) is 1. The number of benzene rings is 2. The molecule has 2 aromatic heterocycles. The largest absolute Gasteiger partial charge is 0.435 e. The number of carbonyl (C=O) groups excluding carboxylic acids is 1. The van der Waals surface area contributed by atoms with Gasteiger partial charge in [0.05, 0.1) is 16.4 Å². The number of pyridine rings is 1. The smallest absolute Gasteiger partial charge is 0.367 e. The zero-order valence-electron chi connectivity index (χ0n) is 22.0. The molecule has 7 nitrogen and oxygen atoms in total. The van der Waals surface area contributed by atoms with Crippen molar-refractivity contribution in [1.82, 2.24) is 19.7 Å². The van der Waals surface area contributed by atoms with Crippen LogP contribution in [0.3, 0.4) is 0 Å². The van der Waals surface area contributed by atoms with E-state index in [1.807, 2.05) is 30.3 Å². The van der Waals surface area contributed by atoms with Gasteiger partial charge in [-0.2, -0.15) is 18.3 Å². The van der Waals surface area contributed by atoms with Crippen LogP contribution in [0.25, 0.3) is 11.9 Å². The number of rotatable bonds is 7. The molecule has 1 saturated heterocycles. The van der Waals surface area contributed by atoms with E-state index in [0.717, 1.165) is 29.9 Å². The summed E-state index contributed by atoms with van der Waals surface area (Å²) in [5.74, 6) is -0.911. The fourth-order valence-corrected chi connectivity index (χ4v) is 5.01. The van der Waals surface area contributed by atoms with Crippen LogP contribution in [0.2, 0.25) is 15.1 Å². The molecule has 0 radical (unpaired) electrons. The molecule has 0 unspecified atom stereocenters. The summed E-state index contributed by atoms with van der Waals surface area (Å²) in [4.78, 5) is 21.8. The van der Waals surface area contributed by atoms with Crippen molar-refractivity contribution in [3.63, 3.8) is 0 Å². The minimum absolute atomic E-state index is 0.0384. The third kappa shape index (κ3) is 7.07. The second-order valence-electron chi connectivity index (χ2n) is 9.49. The molecule has 0 aliphatic carbocycles. The third-order valence-electron chi connectivity index (χ3n) is 6.64. The molecule has 4 aromatic rings. The normalized spacial score (nSPS) is 14.5. The Bertz CT molecular complexity index is 1600. The van der Waals surface area contributed by atoms with Gasteiger partial charge < -0.3 is 10.2 Å². The van der Waals surface area contributed by atoms with Crippen molar-refractivity contribution in [2.75, 3.05) is 42.9 Å². The van der Waals surface area contributed by atoms with Gasteiger partial charge >= 0.3 is 6.18 Å². The topological polar surface area (TPSA) is 66.3 Å². The Morgan fingerprint density at radius 2 is 1.67 bits per heavy atom. The first-order chi connectivity index (χ1) is 20.1. The maximum absolute atomic E-state index is 13.6. The number of hydrogen-bond acceptors (Lipinski definition) is 5. The SMILES string of the molecule is O=C(Nc1ccc(Cl)cc1N1CCN(C/C=C/c2ccc(Cl)cc2)CC1)c1cc(C(F)(F)F)nn1-c1ncccc1Cl. The lowest BCUT2D eigenvalue weighted by Crippen LogP contribution is -2.46. The predicted octanol–water partition coefficient (Wildman–Crippen LogP) is 7.33. The number of halogens is 6. The number of nitrogens with one attached hydrogen (secondary N) is 1. The van der Waals surface area contributed by atoms with Crippen LogP contribution in [0.1, 0.15) is 21.7 Å². The minimum Gasteiger partial charge on any atom is -0.367 e. The number of amides is 1. The van der Waals surface area contributed by atoms with Crippen LogP contribution in [0.15, 0.2) is 72.9 Å². The van der Waals surface area contributed by atoms with Crippen LogP contribution in [0.5, 0.6) is 0 Å². The molecule has 0 bridgehead atoms. The first-order valence-corrected chi connectivity index (χ1v) is 14.0. The molecule has 42 heavy (non-hydrogen) atoms. The predicted molar refractivity (Wildman–Crippen MR) is 160 cm³/mol. The van der Waals surface area contributed by atoms with Crippen LogP contribution < -0.4 is 10.2 Å². The molecule has 2 aromatic carbocycles. The molecule has 0 spiro atoms. The summed E-state index contributed by atoms with van der Waals surface area (Å²) in [5, 5.41) is 7.52. The van der Waals surface area contributed by atoms with Crippen molar-refractivity contribution >= 4 is 58.2 Å². The van der Waals surface area contributed by atoms with E-state index >= 15 is 0 Å². The van der Waals surface area contributed by atoms with E-state index in [9.17, 15) is 18.0 Å². The van der Waals surface area contributed by atoms with Crippen molar-refractivity contribution in [3.8, 4) is 5.82 Å². The lowest BCUT2D eigenvalue weighted by atomic mass is 10.2. The number of alkyl halides is 3. The molecule has 218 valence electrons. The molecule has 1 fully saturated rings. The summed E-state index contributed by atoms with van der Waals surface area (Å²) in [6.07, 6.45) is 0.704. The monoisotopic (exact) mass is 634 g/mol. The Balaban J connectivity index is 1.32. The van der Waals surface area contributed by atoms with Crippen molar-refractivity contribution in [1.29, 1.82) is 0 Å². The fourth-order valence-electron chi connectivity index (χ4n) is 4.52. The van der Waals surface area contributed by atoms with Gasteiger partial charge in [-0.3, -0.25) is 9.69 Å². The number of nitrogens with zero attached hydrogens (tertiary/aromatic N) is 5. The molecule has 0 atom stereocenters. The zero-order valence-corrected chi connectivity index (χ0v) is 24.2. The highest BCUT2D eigenvalue weighted by Crippen LogP contribution is 2.33. The molecule has 1 N–H and O–H groups in total. The second kappa shape index (κ2) is 12.7. The van der Waals surface area contributed by atoms with Gasteiger partial charge in [0.15, 0.2) is 11.5 Å². The minimum atomic E-state index is -4.78. The Morgan fingerprint density at radius 3 is 2.36 bits per heavy atom. The molecule has 3 heterocycles. The van der Waals surface area contributed by atoms with E-state index in [2.05, 4.69) is 31.3 Å². The molecular formula is C29H24Cl3F3N6O. The van der Waals surface area contributed by atoms with E-state index < -0.39 is 17.8 Å². The zero-order chi connectivity index (χ0) is 29.9. The fraction of sp³-hybridized carbons (Fsp3) is 0.207. The van der Waals surface area contributed by atoms with Gasteiger partial charge in [-0.05, 0) is 48.0 Å². The van der Waals surface area contributed by atoms with Crippen LogP contribution in [0, 0.1) is 0 Å². The maximum atomic E-state index is 13.6. The van der Waals surface area contributed by atoms with E-state index in [0.29, 0.717) is 40.6 Å². The number of aromatic nitrogens is 3. The van der Waals surface area contributed by atoms with E-state index in [4.69, 9.17) is 34.8 Å². The van der Waals surface area contributed by atoms with Gasteiger partial charge in [-0.15, -0.1) is 0 Å². The number of piperazine rings is 1. The Morgan fingerprint density at radius 1 is 0.952 bits per heavy atom. The average molecular weight is 636 g/mol. The van der Waals surface area contributed by atoms with Crippen LogP contribution in [-0.2, 0) is 6.18 Å². The van der Waals surface area contributed by atoms with E-state index in [1.54, 1.807) is 18.2 Å². The lowest BCUT2D eigenvalue weighted by molar-refractivity contribution is -0.141. The van der Waals surface area contributed by atoms with Gasteiger partial charge in [0.25, 0.3) is 5.91 Å². The number of carbonyl (C=O) groups is 1. The summed E-state index contributed by atoms with van der Waals surface area (Å²) in [6.45, 7) is 3.57. The van der Waals surface area contributed by atoms with Gasteiger partial charge in [0.2, 0.25) is 0 Å². The van der Waals surface area contributed by atoms with Crippen LogP contribution in [0.4, 0.5) is 24.5 Å². The summed E-state index contributed by atoms with van der Waals surface area (Å²) in [5.41, 5.74) is 0.499. The number of anilines is 2. The van der Waals surface area contributed by atoms with Gasteiger partial charge in [0.1, 0.15) is 5.69 Å². The van der Waals surface area contributed by atoms with E-state index in [1.165, 1.54) is 18.3 Å². The highest BCUT2D eigenvalue weighted by atomic mass is 35.5. The Labute approximate surface area is 255 Å². The average Bonchev–Trinajstić information content (AvgIpc) is 3.42.